The zero-order valence-corrected chi connectivity index (χ0v) is 11.9. The third kappa shape index (κ3) is 3.44. The fourth-order valence-corrected chi connectivity index (χ4v) is 1.87. The van der Waals surface area contributed by atoms with Crippen LogP contribution in [0.15, 0.2) is 35.3 Å². The molecule has 0 amide bonds. The zero-order chi connectivity index (χ0) is 14.0. The van der Waals surface area contributed by atoms with Crippen LogP contribution in [0.5, 0.6) is 0 Å². The van der Waals surface area contributed by atoms with Crippen molar-refractivity contribution in [2.45, 2.75) is 33.2 Å². The van der Waals surface area contributed by atoms with Crippen molar-refractivity contribution in [1.82, 2.24) is 4.98 Å². The number of pyridine rings is 1. The number of fused-ring (bicyclic) bond motifs is 1. The van der Waals surface area contributed by atoms with Crippen molar-refractivity contribution in [3.8, 4) is 0 Å². The zero-order valence-electron chi connectivity index (χ0n) is 11.9. The smallest absolute Gasteiger partial charge is 0.193 e. The van der Waals surface area contributed by atoms with E-state index >= 15 is 0 Å². The maximum atomic E-state index is 5.93. The van der Waals surface area contributed by atoms with Crippen LogP contribution in [0, 0.1) is 6.92 Å². The van der Waals surface area contributed by atoms with Gasteiger partial charge in [0.15, 0.2) is 5.96 Å². The highest BCUT2D eigenvalue weighted by Crippen LogP contribution is 2.21. The molecule has 0 radical (unpaired) electrons. The molecule has 0 atom stereocenters. The van der Waals surface area contributed by atoms with Crippen LogP contribution in [-0.4, -0.2) is 16.5 Å². The summed E-state index contributed by atoms with van der Waals surface area (Å²) in [5.74, 6) is 0.406. The van der Waals surface area contributed by atoms with Gasteiger partial charge in [-0.15, -0.1) is 0 Å². The Kier molecular flexibility index (Phi) is 3.42. The highest BCUT2D eigenvalue weighted by atomic mass is 15.1. The summed E-state index contributed by atoms with van der Waals surface area (Å²) in [6, 6.07) is 10.0. The number of guanidine groups is 1. The fourth-order valence-electron chi connectivity index (χ4n) is 1.87. The second kappa shape index (κ2) is 4.88. The van der Waals surface area contributed by atoms with E-state index in [0.717, 1.165) is 22.3 Å². The highest BCUT2D eigenvalue weighted by molar-refractivity contribution is 6.01. The standard InChI is InChI=1S/C15H20N4/c1-10-8-9-11-6-5-7-12(13(11)17-10)18-14(16)19-15(2,3)4/h5-9H,1-4H3,(H3,16,18,19). The molecule has 4 heteroatoms. The van der Waals surface area contributed by atoms with Gasteiger partial charge < -0.3 is 11.1 Å². The Bertz CT molecular complexity index is 624. The molecule has 0 saturated heterocycles. The maximum Gasteiger partial charge on any atom is 0.193 e. The average molecular weight is 256 g/mol. The average Bonchev–Trinajstić information content (AvgIpc) is 2.27. The van der Waals surface area contributed by atoms with Crippen LogP contribution >= 0.6 is 0 Å². The second-order valence-electron chi connectivity index (χ2n) is 5.62. The van der Waals surface area contributed by atoms with Gasteiger partial charge >= 0.3 is 0 Å². The van der Waals surface area contributed by atoms with Crippen molar-refractivity contribution in [2.24, 2.45) is 10.7 Å². The van der Waals surface area contributed by atoms with Crippen molar-refractivity contribution < 1.29 is 0 Å². The van der Waals surface area contributed by atoms with Crippen LogP contribution in [0.25, 0.3) is 10.9 Å². The molecular weight excluding hydrogens is 236 g/mol. The number of benzene rings is 1. The van der Waals surface area contributed by atoms with Gasteiger partial charge in [-0.05, 0) is 39.8 Å². The number of rotatable bonds is 1. The lowest BCUT2D eigenvalue weighted by Gasteiger charge is -2.15. The minimum Gasteiger partial charge on any atom is -0.370 e. The van der Waals surface area contributed by atoms with Crippen LogP contribution in [0.4, 0.5) is 5.69 Å². The monoisotopic (exact) mass is 256 g/mol. The van der Waals surface area contributed by atoms with E-state index in [1.807, 2.05) is 52.0 Å². The molecule has 1 aromatic carbocycles. The van der Waals surface area contributed by atoms with Gasteiger partial charge in [0.05, 0.1) is 16.7 Å². The van der Waals surface area contributed by atoms with Gasteiger partial charge in [-0.25, -0.2) is 4.99 Å². The molecule has 1 heterocycles. The summed E-state index contributed by atoms with van der Waals surface area (Å²) in [6.45, 7) is 8.00. The van der Waals surface area contributed by atoms with Gasteiger partial charge in [0.2, 0.25) is 0 Å². The molecule has 0 aliphatic heterocycles. The number of nitrogens with two attached hydrogens (primary N) is 1. The first-order valence-electron chi connectivity index (χ1n) is 6.34. The Labute approximate surface area is 113 Å². The number of hydrogen-bond donors (Lipinski definition) is 2. The molecule has 100 valence electrons. The number of nitrogens with one attached hydrogen (secondary N) is 1. The number of aromatic nitrogens is 1. The number of aryl methyl sites for hydroxylation is 1. The third-order valence-electron chi connectivity index (χ3n) is 2.58. The van der Waals surface area contributed by atoms with E-state index in [4.69, 9.17) is 5.73 Å². The predicted octanol–water partition coefficient (Wildman–Crippen LogP) is 3.07. The summed E-state index contributed by atoms with van der Waals surface area (Å²) in [6.07, 6.45) is 0. The van der Waals surface area contributed by atoms with E-state index in [1.54, 1.807) is 0 Å². The van der Waals surface area contributed by atoms with Gasteiger partial charge in [0.25, 0.3) is 0 Å². The molecule has 4 nitrogen and oxygen atoms in total. The molecule has 0 bridgehead atoms. The predicted molar refractivity (Wildman–Crippen MR) is 81.5 cm³/mol. The third-order valence-corrected chi connectivity index (χ3v) is 2.58. The summed E-state index contributed by atoms with van der Waals surface area (Å²) >= 11 is 0. The van der Waals surface area contributed by atoms with Crippen molar-refractivity contribution >= 4 is 22.5 Å². The van der Waals surface area contributed by atoms with Gasteiger partial charge in [0.1, 0.15) is 0 Å². The van der Waals surface area contributed by atoms with E-state index in [9.17, 15) is 0 Å². The van der Waals surface area contributed by atoms with Crippen LogP contribution in [-0.2, 0) is 0 Å². The first kappa shape index (κ1) is 13.3. The number of anilines is 1. The van der Waals surface area contributed by atoms with Crippen molar-refractivity contribution in [1.29, 1.82) is 0 Å². The molecule has 2 aromatic rings. The molecule has 0 unspecified atom stereocenters. The Hall–Kier alpha value is -2.10. The topological polar surface area (TPSA) is 63.3 Å². The minimum absolute atomic E-state index is 0.203. The Morgan fingerprint density at radius 3 is 2.63 bits per heavy atom. The van der Waals surface area contributed by atoms with Crippen LogP contribution in [0.1, 0.15) is 26.5 Å². The first-order chi connectivity index (χ1) is 8.85. The molecule has 0 fully saturated rings. The van der Waals surface area contributed by atoms with Gasteiger partial charge in [-0.2, -0.15) is 0 Å². The van der Waals surface area contributed by atoms with Gasteiger partial charge in [0, 0.05) is 11.1 Å². The quantitative estimate of drug-likeness (QED) is 0.609. The van der Waals surface area contributed by atoms with E-state index in [-0.39, 0.29) is 5.54 Å². The molecular formula is C15H20N4. The normalized spacial score (nSPS) is 12.7. The molecule has 3 N–H and O–H groups in total. The summed E-state index contributed by atoms with van der Waals surface area (Å²) in [5, 5.41) is 4.22. The second-order valence-corrected chi connectivity index (χ2v) is 5.62. The molecule has 2 rings (SSSR count). The van der Waals surface area contributed by atoms with Gasteiger partial charge in [-0.1, -0.05) is 18.2 Å². The number of hydrogen-bond acceptors (Lipinski definition) is 2. The summed E-state index contributed by atoms with van der Waals surface area (Å²) in [4.78, 5) is 8.94. The van der Waals surface area contributed by atoms with Crippen molar-refractivity contribution in [2.75, 3.05) is 5.32 Å². The van der Waals surface area contributed by atoms with Crippen LogP contribution < -0.4 is 11.1 Å². The molecule has 0 saturated carbocycles. The highest BCUT2D eigenvalue weighted by Gasteiger charge is 2.09. The Morgan fingerprint density at radius 2 is 1.95 bits per heavy atom. The molecule has 0 aliphatic carbocycles. The summed E-state index contributed by atoms with van der Waals surface area (Å²) in [7, 11) is 0. The van der Waals surface area contributed by atoms with E-state index in [1.165, 1.54) is 0 Å². The summed E-state index contributed by atoms with van der Waals surface area (Å²) in [5.41, 5.74) is 8.50. The summed E-state index contributed by atoms with van der Waals surface area (Å²) < 4.78 is 0. The number of aliphatic imine (C=N–C) groups is 1. The van der Waals surface area contributed by atoms with E-state index in [0.29, 0.717) is 5.96 Å². The van der Waals surface area contributed by atoms with Crippen molar-refractivity contribution in [3.05, 3.63) is 36.0 Å². The molecule has 0 aliphatic rings. The maximum absolute atomic E-state index is 5.93. The largest absolute Gasteiger partial charge is 0.370 e. The number of nitrogens with zero attached hydrogens (tertiary/aromatic N) is 2. The minimum atomic E-state index is -0.203. The molecule has 1 aromatic heterocycles. The first-order valence-corrected chi connectivity index (χ1v) is 6.34. The lowest BCUT2D eigenvalue weighted by molar-refractivity contribution is 0.583. The fraction of sp³-hybridized carbons (Fsp3) is 0.333. The Morgan fingerprint density at radius 1 is 1.21 bits per heavy atom. The van der Waals surface area contributed by atoms with Crippen LogP contribution in [0.3, 0.4) is 0 Å². The lowest BCUT2D eigenvalue weighted by Crippen LogP contribution is -2.27. The number of para-hydroxylation sites is 1. The molecule has 0 spiro atoms. The van der Waals surface area contributed by atoms with E-state index in [2.05, 4.69) is 21.4 Å². The van der Waals surface area contributed by atoms with Crippen LogP contribution in [0.2, 0.25) is 0 Å². The molecule has 19 heavy (non-hydrogen) atoms. The Balaban J connectivity index is 2.41. The SMILES string of the molecule is Cc1ccc2cccc(NC(N)=NC(C)(C)C)c2n1. The van der Waals surface area contributed by atoms with Crippen molar-refractivity contribution in [3.63, 3.8) is 0 Å². The lowest BCUT2D eigenvalue weighted by atomic mass is 10.1. The van der Waals surface area contributed by atoms with E-state index < -0.39 is 0 Å². The van der Waals surface area contributed by atoms with Gasteiger partial charge in [-0.3, -0.25) is 4.98 Å².